The largest absolute Gasteiger partial charge is 0.478 e. The van der Waals surface area contributed by atoms with Crippen molar-refractivity contribution in [2.45, 2.75) is 6.92 Å². The average Bonchev–Trinajstić information content (AvgIpc) is 2.74. The maximum atomic E-state index is 13.2. The summed E-state index contributed by atoms with van der Waals surface area (Å²) >= 11 is 6.09. The highest BCUT2D eigenvalue weighted by Gasteiger charge is 2.14. The third kappa shape index (κ3) is 2.25. The molecule has 21 heavy (non-hydrogen) atoms. The summed E-state index contributed by atoms with van der Waals surface area (Å²) in [7, 11) is 0. The number of halogens is 2. The van der Waals surface area contributed by atoms with Gasteiger partial charge in [0.25, 0.3) is 0 Å². The second kappa shape index (κ2) is 4.86. The summed E-state index contributed by atoms with van der Waals surface area (Å²) in [6.07, 6.45) is 0. The first-order valence-electron chi connectivity index (χ1n) is 6.15. The standard InChI is InChI=1S/C15H10ClFN2O2/c1-8-18-12-6-9(15(20)21)2-4-14(12)19(8)13-5-3-10(17)7-11(13)16/h2-7H,1H3,(H,20,21). The van der Waals surface area contributed by atoms with Gasteiger partial charge >= 0.3 is 5.97 Å². The molecule has 0 fully saturated rings. The summed E-state index contributed by atoms with van der Waals surface area (Å²) in [5.74, 6) is -0.788. The average molecular weight is 305 g/mol. The Balaban J connectivity index is 2.27. The van der Waals surface area contributed by atoms with E-state index in [9.17, 15) is 9.18 Å². The van der Waals surface area contributed by atoms with E-state index in [-0.39, 0.29) is 10.6 Å². The molecule has 2 aromatic carbocycles. The number of carboxylic acid groups (broad SMARTS) is 1. The zero-order valence-electron chi connectivity index (χ0n) is 11.0. The van der Waals surface area contributed by atoms with E-state index >= 15 is 0 Å². The molecule has 1 aromatic heterocycles. The first-order chi connectivity index (χ1) is 9.97. The molecule has 0 aliphatic carbocycles. The highest BCUT2D eigenvalue weighted by Crippen LogP contribution is 2.27. The zero-order chi connectivity index (χ0) is 15.1. The smallest absolute Gasteiger partial charge is 0.335 e. The Kier molecular flexibility index (Phi) is 3.14. The number of benzene rings is 2. The third-order valence-corrected chi connectivity index (χ3v) is 3.52. The molecule has 0 aliphatic heterocycles. The summed E-state index contributed by atoms with van der Waals surface area (Å²) in [5.41, 5.74) is 2.03. The van der Waals surface area contributed by atoms with Crippen LogP contribution in [-0.2, 0) is 0 Å². The molecule has 0 bridgehead atoms. The molecule has 0 saturated heterocycles. The van der Waals surface area contributed by atoms with Crippen molar-refractivity contribution in [1.82, 2.24) is 9.55 Å². The Morgan fingerprint density at radius 3 is 2.71 bits per heavy atom. The van der Waals surface area contributed by atoms with Gasteiger partial charge in [0.05, 0.1) is 27.3 Å². The van der Waals surface area contributed by atoms with E-state index in [1.165, 1.54) is 24.3 Å². The molecule has 0 amide bonds. The number of hydrogen-bond acceptors (Lipinski definition) is 2. The van der Waals surface area contributed by atoms with E-state index in [4.69, 9.17) is 16.7 Å². The van der Waals surface area contributed by atoms with Crippen molar-refractivity contribution in [3.63, 3.8) is 0 Å². The number of aromatic nitrogens is 2. The Morgan fingerprint density at radius 1 is 1.29 bits per heavy atom. The number of imidazole rings is 1. The fourth-order valence-corrected chi connectivity index (χ4v) is 2.55. The van der Waals surface area contributed by atoms with Crippen LogP contribution in [-0.4, -0.2) is 20.6 Å². The predicted molar refractivity (Wildman–Crippen MR) is 77.7 cm³/mol. The van der Waals surface area contributed by atoms with E-state index in [1.54, 1.807) is 23.6 Å². The Morgan fingerprint density at radius 2 is 2.05 bits per heavy atom. The van der Waals surface area contributed by atoms with E-state index in [2.05, 4.69) is 4.98 Å². The molecule has 3 aromatic rings. The highest BCUT2D eigenvalue weighted by atomic mass is 35.5. The number of carbonyl (C=O) groups is 1. The first-order valence-corrected chi connectivity index (χ1v) is 6.53. The minimum absolute atomic E-state index is 0.164. The molecule has 0 atom stereocenters. The lowest BCUT2D eigenvalue weighted by molar-refractivity contribution is 0.0697. The molecule has 106 valence electrons. The van der Waals surface area contributed by atoms with Gasteiger partial charge in [0.15, 0.2) is 0 Å². The second-order valence-electron chi connectivity index (χ2n) is 4.60. The molecule has 0 aliphatic rings. The third-order valence-electron chi connectivity index (χ3n) is 3.22. The van der Waals surface area contributed by atoms with Crippen LogP contribution in [0.5, 0.6) is 0 Å². The van der Waals surface area contributed by atoms with Crippen LogP contribution in [0, 0.1) is 12.7 Å². The lowest BCUT2D eigenvalue weighted by atomic mass is 10.2. The van der Waals surface area contributed by atoms with Crippen LogP contribution in [0.4, 0.5) is 4.39 Å². The number of aryl methyl sites for hydroxylation is 1. The Bertz CT molecular complexity index is 873. The van der Waals surface area contributed by atoms with E-state index in [0.717, 1.165) is 0 Å². The summed E-state index contributed by atoms with van der Waals surface area (Å²) in [4.78, 5) is 15.3. The van der Waals surface area contributed by atoms with Crippen molar-refractivity contribution < 1.29 is 14.3 Å². The number of rotatable bonds is 2. The zero-order valence-corrected chi connectivity index (χ0v) is 11.7. The van der Waals surface area contributed by atoms with Gasteiger partial charge in [0.1, 0.15) is 11.6 Å². The normalized spacial score (nSPS) is 11.0. The van der Waals surface area contributed by atoms with Crippen LogP contribution < -0.4 is 0 Å². The van der Waals surface area contributed by atoms with Crippen molar-refractivity contribution in [3.8, 4) is 5.69 Å². The topological polar surface area (TPSA) is 55.1 Å². The van der Waals surface area contributed by atoms with Gasteiger partial charge in [-0.3, -0.25) is 4.57 Å². The Hall–Kier alpha value is -2.40. The molecular formula is C15H10ClFN2O2. The van der Waals surface area contributed by atoms with Gasteiger partial charge in [-0.2, -0.15) is 0 Å². The molecule has 0 unspecified atom stereocenters. The SMILES string of the molecule is Cc1nc2cc(C(=O)O)ccc2n1-c1ccc(F)cc1Cl. The number of fused-ring (bicyclic) bond motifs is 1. The maximum Gasteiger partial charge on any atom is 0.335 e. The summed E-state index contributed by atoms with van der Waals surface area (Å²) in [6, 6.07) is 8.78. The number of nitrogens with zero attached hydrogens (tertiary/aromatic N) is 2. The Labute approximate surface area is 124 Å². The molecule has 0 spiro atoms. The number of carboxylic acids is 1. The van der Waals surface area contributed by atoms with Crippen molar-refractivity contribution in [2.75, 3.05) is 0 Å². The van der Waals surface area contributed by atoms with Crippen molar-refractivity contribution in [2.24, 2.45) is 0 Å². The quantitative estimate of drug-likeness (QED) is 0.783. The van der Waals surface area contributed by atoms with Crippen LogP contribution in [0.3, 0.4) is 0 Å². The fraction of sp³-hybridized carbons (Fsp3) is 0.0667. The number of aromatic carboxylic acids is 1. The van der Waals surface area contributed by atoms with Gasteiger partial charge < -0.3 is 5.11 Å². The first kappa shape index (κ1) is 13.6. The fourth-order valence-electron chi connectivity index (χ4n) is 2.30. The monoisotopic (exact) mass is 304 g/mol. The van der Waals surface area contributed by atoms with Crippen LogP contribution in [0.25, 0.3) is 16.7 Å². The van der Waals surface area contributed by atoms with Crippen LogP contribution in [0.15, 0.2) is 36.4 Å². The molecule has 6 heteroatoms. The van der Waals surface area contributed by atoms with E-state index < -0.39 is 11.8 Å². The minimum Gasteiger partial charge on any atom is -0.478 e. The van der Waals surface area contributed by atoms with Gasteiger partial charge in [-0.25, -0.2) is 14.2 Å². The highest BCUT2D eigenvalue weighted by molar-refractivity contribution is 6.32. The molecule has 1 N–H and O–H groups in total. The predicted octanol–water partition coefficient (Wildman–Crippen LogP) is 3.82. The van der Waals surface area contributed by atoms with E-state index in [0.29, 0.717) is 22.5 Å². The minimum atomic E-state index is -1.01. The molecule has 3 rings (SSSR count). The summed E-state index contributed by atoms with van der Waals surface area (Å²) < 4.78 is 14.9. The van der Waals surface area contributed by atoms with Gasteiger partial charge in [0, 0.05) is 0 Å². The van der Waals surface area contributed by atoms with Crippen molar-refractivity contribution >= 4 is 28.6 Å². The molecule has 4 nitrogen and oxygen atoms in total. The number of hydrogen-bond donors (Lipinski definition) is 1. The van der Waals surface area contributed by atoms with Crippen molar-refractivity contribution in [3.05, 3.63) is 58.6 Å². The second-order valence-corrected chi connectivity index (χ2v) is 5.01. The van der Waals surface area contributed by atoms with Crippen LogP contribution >= 0.6 is 11.6 Å². The van der Waals surface area contributed by atoms with E-state index in [1.807, 2.05) is 0 Å². The molecule has 0 saturated carbocycles. The lowest BCUT2D eigenvalue weighted by Gasteiger charge is -2.09. The summed E-state index contributed by atoms with van der Waals surface area (Å²) in [5, 5.41) is 9.28. The summed E-state index contributed by atoms with van der Waals surface area (Å²) in [6.45, 7) is 1.78. The molecular weight excluding hydrogens is 295 g/mol. The van der Waals surface area contributed by atoms with Gasteiger partial charge in [-0.1, -0.05) is 11.6 Å². The van der Waals surface area contributed by atoms with Gasteiger partial charge in [0.2, 0.25) is 0 Å². The van der Waals surface area contributed by atoms with Gasteiger partial charge in [-0.05, 0) is 43.3 Å². The van der Waals surface area contributed by atoms with Gasteiger partial charge in [-0.15, -0.1) is 0 Å². The van der Waals surface area contributed by atoms with Crippen LogP contribution in [0.2, 0.25) is 5.02 Å². The molecule has 1 heterocycles. The molecule has 0 radical (unpaired) electrons. The van der Waals surface area contributed by atoms with Crippen LogP contribution in [0.1, 0.15) is 16.2 Å². The maximum absolute atomic E-state index is 13.2. The lowest BCUT2D eigenvalue weighted by Crippen LogP contribution is -1.99. The van der Waals surface area contributed by atoms with Crippen molar-refractivity contribution in [1.29, 1.82) is 0 Å².